The first-order chi connectivity index (χ1) is 7.22. The van der Waals surface area contributed by atoms with Gasteiger partial charge in [-0.1, -0.05) is 0 Å². The van der Waals surface area contributed by atoms with Crippen LogP contribution in [0, 0.1) is 0 Å². The second-order valence-electron chi connectivity index (χ2n) is 3.09. The number of methoxy groups -OCH3 is 1. The quantitative estimate of drug-likeness (QED) is 0.584. The van der Waals surface area contributed by atoms with Crippen molar-refractivity contribution in [1.82, 2.24) is 25.5 Å². The first-order valence-corrected chi connectivity index (χ1v) is 4.33. The van der Waals surface area contributed by atoms with Crippen molar-refractivity contribution in [3.8, 4) is 0 Å². The summed E-state index contributed by atoms with van der Waals surface area (Å²) in [7, 11) is 1.27. The number of hydrogen-bond donors (Lipinski definition) is 1. The Morgan fingerprint density at radius 2 is 2.53 bits per heavy atom. The van der Waals surface area contributed by atoms with E-state index < -0.39 is 18.1 Å². The van der Waals surface area contributed by atoms with Crippen LogP contribution in [-0.2, 0) is 14.3 Å². The lowest BCUT2D eigenvalue weighted by atomic mass is 10.2. The molecule has 1 N–H and O–H groups in total. The molecule has 15 heavy (non-hydrogen) atoms. The number of carbonyl (C=O) groups excluding carboxylic acids is 2. The van der Waals surface area contributed by atoms with Crippen molar-refractivity contribution in [2.45, 2.75) is 18.5 Å². The highest BCUT2D eigenvalue weighted by Gasteiger charge is 2.38. The predicted molar refractivity (Wildman–Crippen MR) is 45.4 cm³/mol. The molecule has 1 saturated heterocycles. The average Bonchev–Trinajstić information content (AvgIpc) is 2.84. The van der Waals surface area contributed by atoms with Crippen molar-refractivity contribution < 1.29 is 14.3 Å². The molecule has 1 aliphatic heterocycles. The van der Waals surface area contributed by atoms with Crippen LogP contribution < -0.4 is 5.32 Å². The van der Waals surface area contributed by atoms with Gasteiger partial charge in [0.05, 0.1) is 7.11 Å². The maximum absolute atomic E-state index is 11.5. The SMILES string of the molecule is COC(=O)C1CC(n2ncnn2)C(=O)N1. The molecule has 2 unspecified atom stereocenters. The van der Waals surface area contributed by atoms with E-state index in [0.29, 0.717) is 0 Å². The summed E-state index contributed by atoms with van der Waals surface area (Å²) in [5.74, 6) is -0.769. The third-order valence-electron chi connectivity index (χ3n) is 2.21. The van der Waals surface area contributed by atoms with Gasteiger partial charge in [0, 0.05) is 6.42 Å². The molecule has 1 aromatic rings. The number of carbonyl (C=O) groups is 2. The van der Waals surface area contributed by atoms with E-state index in [1.807, 2.05) is 0 Å². The number of rotatable bonds is 2. The van der Waals surface area contributed by atoms with Crippen LogP contribution in [0.2, 0.25) is 0 Å². The number of nitrogens with one attached hydrogen (secondary N) is 1. The Kier molecular flexibility index (Phi) is 2.32. The maximum atomic E-state index is 11.5. The third-order valence-corrected chi connectivity index (χ3v) is 2.21. The molecule has 8 heteroatoms. The lowest BCUT2D eigenvalue weighted by molar-refractivity contribution is -0.143. The van der Waals surface area contributed by atoms with Crippen LogP contribution in [0.15, 0.2) is 6.33 Å². The molecule has 8 nitrogen and oxygen atoms in total. The zero-order chi connectivity index (χ0) is 10.8. The molecule has 0 aromatic carbocycles. The Bertz CT molecular complexity index is 376. The Hall–Kier alpha value is -1.99. The molecule has 0 radical (unpaired) electrons. The van der Waals surface area contributed by atoms with Crippen LogP contribution >= 0.6 is 0 Å². The van der Waals surface area contributed by atoms with E-state index in [2.05, 4.69) is 25.5 Å². The van der Waals surface area contributed by atoms with Crippen molar-refractivity contribution in [1.29, 1.82) is 0 Å². The van der Waals surface area contributed by atoms with Crippen molar-refractivity contribution in [3.05, 3.63) is 6.33 Å². The highest BCUT2D eigenvalue weighted by molar-refractivity contribution is 5.90. The summed E-state index contributed by atoms with van der Waals surface area (Å²) in [4.78, 5) is 23.8. The Balaban J connectivity index is 2.11. The summed E-state index contributed by atoms with van der Waals surface area (Å²) >= 11 is 0. The monoisotopic (exact) mass is 211 g/mol. The molecule has 0 saturated carbocycles. The van der Waals surface area contributed by atoms with Crippen LogP contribution in [0.4, 0.5) is 0 Å². The summed E-state index contributed by atoms with van der Waals surface area (Å²) in [6.07, 6.45) is 1.51. The van der Waals surface area contributed by atoms with Crippen molar-refractivity contribution in [2.24, 2.45) is 0 Å². The highest BCUT2D eigenvalue weighted by atomic mass is 16.5. The third kappa shape index (κ3) is 1.65. The Labute approximate surface area is 84.6 Å². The summed E-state index contributed by atoms with van der Waals surface area (Å²) in [5.41, 5.74) is 0. The average molecular weight is 211 g/mol. The first-order valence-electron chi connectivity index (χ1n) is 4.33. The highest BCUT2D eigenvalue weighted by Crippen LogP contribution is 2.19. The molecule has 0 spiro atoms. The van der Waals surface area contributed by atoms with E-state index >= 15 is 0 Å². The lowest BCUT2D eigenvalue weighted by Gasteiger charge is -2.05. The molecular weight excluding hydrogens is 202 g/mol. The predicted octanol–water partition coefficient (Wildman–Crippen LogP) is -1.72. The van der Waals surface area contributed by atoms with E-state index in [9.17, 15) is 9.59 Å². The van der Waals surface area contributed by atoms with Crippen molar-refractivity contribution in [2.75, 3.05) is 7.11 Å². The minimum Gasteiger partial charge on any atom is -0.467 e. The van der Waals surface area contributed by atoms with Gasteiger partial charge >= 0.3 is 5.97 Å². The summed E-state index contributed by atoms with van der Waals surface area (Å²) in [6, 6.07) is -1.21. The molecule has 1 aliphatic rings. The minimum atomic E-state index is -0.626. The van der Waals surface area contributed by atoms with Crippen LogP contribution in [0.25, 0.3) is 0 Å². The van der Waals surface area contributed by atoms with Gasteiger partial charge in [-0.15, -0.1) is 10.2 Å². The van der Waals surface area contributed by atoms with Gasteiger partial charge in [0.1, 0.15) is 6.04 Å². The second-order valence-corrected chi connectivity index (χ2v) is 3.09. The summed E-state index contributed by atoms with van der Waals surface area (Å²) < 4.78 is 4.53. The van der Waals surface area contributed by atoms with Crippen LogP contribution in [0.3, 0.4) is 0 Å². The number of tetrazole rings is 1. The number of ether oxygens (including phenoxy) is 1. The van der Waals surface area contributed by atoms with E-state index in [0.717, 1.165) is 0 Å². The van der Waals surface area contributed by atoms with Gasteiger partial charge in [-0.05, 0) is 5.21 Å². The van der Waals surface area contributed by atoms with E-state index in [4.69, 9.17) is 0 Å². The zero-order valence-electron chi connectivity index (χ0n) is 7.95. The smallest absolute Gasteiger partial charge is 0.328 e. The molecule has 2 heterocycles. The van der Waals surface area contributed by atoms with Gasteiger partial charge in [-0.25, -0.2) is 4.79 Å². The minimum absolute atomic E-state index is 0.280. The van der Waals surface area contributed by atoms with Crippen LogP contribution in [0.1, 0.15) is 12.5 Å². The number of hydrogen-bond acceptors (Lipinski definition) is 6. The molecule has 0 bridgehead atoms. The molecule has 1 aromatic heterocycles. The summed E-state index contributed by atoms with van der Waals surface area (Å²) in [6.45, 7) is 0. The number of aromatic nitrogens is 4. The van der Waals surface area contributed by atoms with Gasteiger partial charge in [0.25, 0.3) is 0 Å². The van der Waals surface area contributed by atoms with E-state index in [1.165, 1.54) is 18.2 Å². The van der Waals surface area contributed by atoms with Crippen molar-refractivity contribution >= 4 is 11.9 Å². The normalized spacial score (nSPS) is 25.0. The van der Waals surface area contributed by atoms with E-state index in [1.54, 1.807) is 0 Å². The molecule has 2 rings (SSSR count). The number of amides is 1. The van der Waals surface area contributed by atoms with E-state index in [-0.39, 0.29) is 12.3 Å². The lowest BCUT2D eigenvalue weighted by Crippen LogP contribution is -2.34. The molecular formula is C7H9N5O3. The summed E-state index contributed by atoms with van der Waals surface area (Å²) in [5, 5.41) is 13.4. The second kappa shape index (κ2) is 3.64. The maximum Gasteiger partial charge on any atom is 0.328 e. The van der Waals surface area contributed by atoms with Gasteiger partial charge in [0.2, 0.25) is 5.91 Å². The van der Waals surface area contributed by atoms with Gasteiger partial charge in [0.15, 0.2) is 12.4 Å². The fourth-order valence-electron chi connectivity index (χ4n) is 1.47. The van der Waals surface area contributed by atoms with Gasteiger partial charge in [-0.3, -0.25) is 4.79 Å². The van der Waals surface area contributed by atoms with Crippen molar-refractivity contribution in [3.63, 3.8) is 0 Å². The topological polar surface area (TPSA) is 99.0 Å². The van der Waals surface area contributed by atoms with Gasteiger partial charge in [-0.2, -0.15) is 4.80 Å². The largest absolute Gasteiger partial charge is 0.467 e. The Morgan fingerprint density at radius 1 is 1.73 bits per heavy atom. The van der Waals surface area contributed by atoms with Gasteiger partial charge < -0.3 is 10.1 Å². The number of nitrogens with zero attached hydrogens (tertiary/aromatic N) is 4. The Morgan fingerprint density at radius 3 is 3.13 bits per heavy atom. The first kappa shape index (κ1) is 9.56. The molecule has 2 atom stereocenters. The fraction of sp³-hybridized carbons (Fsp3) is 0.571. The molecule has 80 valence electrons. The molecule has 1 fully saturated rings. The van der Waals surface area contributed by atoms with Crippen LogP contribution in [-0.4, -0.2) is 45.2 Å². The van der Waals surface area contributed by atoms with Crippen LogP contribution in [0.5, 0.6) is 0 Å². The molecule has 0 aliphatic carbocycles. The fourth-order valence-corrected chi connectivity index (χ4v) is 1.47. The number of esters is 1. The standard InChI is InChI=1S/C7H9N5O3/c1-15-7(14)4-2-5(6(13)10-4)12-9-3-8-11-12/h3-5H,2H2,1H3,(H,10,13). The molecule has 1 amide bonds. The zero-order valence-corrected chi connectivity index (χ0v) is 7.95.